The van der Waals surface area contributed by atoms with Gasteiger partial charge in [0.2, 0.25) is 11.7 Å². The number of hydrogen-bond donors (Lipinski definition) is 2. The van der Waals surface area contributed by atoms with Crippen molar-refractivity contribution in [3.8, 4) is 17.2 Å². The van der Waals surface area contributed by atoms with Crippen LogP contribution in [-0.2, 0) is 5.41 Å². The summed E-state index contributed by atoms with van der Waals surface area (Å²) < 4.78 is 16.7. The van der Waals surface area contributed by atoms with Gasteiger partial charge < -0.3 is 34.3 Å². The lowest BCUT2D eigenvalue weighted by Gasteiger charge is -2.45. The largest absolute Gasteiger partial charge is 0.493 e. The Bertz CT molecular complexity index is 1530. The van der Waals surface area contributed by atoms with E-state index in [-0.39, 0.29) is 11.3 Å². The summed E-state index contributed by atoms with van der Waals surface area (Å²) in [7, 11) is 4.71. The molecule has 2 fully saturated rings. The van der Waals surface area contributed by atoms with Crippen LogP contribution in [0, 0.1) is 0 Å². The molecule has 1 amide bonds. The Morgan fingerprint density at radius 3 is 2.41 bits per heavy atom. The number of aromatic amines is 1. The summed E-state index contributed by atoms with van der Waals surface area (Å²) in [4.78, 5) is 26.7. The van der Waals surface area contributed by atoms with Crippen molar-refractivity contribution in [2.45, 2.75) is 43.6 Å². The Kier molecular flexibility index (Phi) is 8.93. The van der Waals surface area contributed by atoms with Gasteiger partial charge in [-0.1, -0.05) is 42.5 Å². The van der Waals surface area contributed by atoms with E-state index in [1.54, 1.807) is 33.5 Å². The summed E-state index contributed by atoms with van der Waals surface area (Å²) in [6.45, 7) is 4.44. The van der Waals surface area contributed by atoms with Crippen LogP contribution in [-0.4, -0.2) is 85.8 Å². The number of carbonyl (C=O) groups is 1. The SMILES string of the molecule is COc1ccc(C(=O)N2CCCC(CCN3CCC(Nc4nc5ccccc5[nH]4)CC3)(c3ccccc3)C2)c(OC)c1OC. The van der Waals surface area contributed by atoms with Gasteiger partial charge in [-0.05, 0) is 68.5 Å². The molecular formula is C35H43N5O4. The number of piperidine rings is 2. The predicted molar refractivity (Wildman–Crippen MR) is 173 cm³/mol. The van der Waals surface area contributed by atoms with Gasteiger partial charge in [-0.15, -0.1) is 0 Å². The molecule has 44 heavy (non-hydrogen) atoms. The number of carbonyl (C=O) groups excluding carboxylic acids is 1. The van der Waals surface area contributed by atoms with E-state index < -0.39 is 0 Å². The van der Waals surface area contributed by atoms with Crippen molar-refractivity contribution >= 4 is 22.9 Å². The van der Waals surface area contributed by atoms with Gasteiger partial charge in [0, 0.05) is 37.6 Å². The molecule has 1 aromatic heterocycles. The molecule has 0 spiro atoms. The molecule has 0 saturated carbocycles. The second-order valence-electron chi connectivity index (χ2n) is 12.0. The fourth-order valence-corrected chi connectivity index (χ4v) is 7.01. The highest BCUT2D eigenvalue weighted by Gasteiger charge is 2.40. The van der Waals surface area contributed by atoms with Gasteiger partial charge in [0.15, 0.2) is 11.5 Å². The number of methoxy groups -OCH3 is 3. The molecule has 9 nitrogen and oxygen atoms in total. The number of rotatable bonds is 10. The topological polar surface area (TPSA) is 92.0 Å². The summed E-state index contributed by atoms with van der Waals surface area (Å²) in [6, 6.07) is 22.8. The maximum Gasteiger partial charge on any atom is 0.257 e. The van der Waals surface area contributed by atoms with Crippen LogP contribution in [0.2, 0.25) is 0 Å². The lowest BCUT2D eigenvalue weighted by molar-refractivity contribution is 0.0603. The quantitative estimate of drug-likeness (QED) is 0.241. The van der Waals surface area contributed by atoms with Crippen LogP contribution in [0.4, 0.5) is 5.95 Å². The smallest absolute Gasteiger partial charge is 0.257 e. The second kappa shape index (κ2) is 13.2. The minimum Gasteiger partial charge on any atom is -0.493 e. The molecule has 9 heteroatoms. The van der Waals surface area contributed by atoms with Crippen molar-refractivity contribution in [1.82, 2.24) is 19.8 Å². The van der Waals surface area contributed by atoms with Crippen molar-refractivity contribution in [3.63, 3.8) is 0 Å². The summed E-state index contributed by atoms with van der Waals surface area (Å²) in [5, 5.41) is 3.62. The molecule has 2 aliphatic rings. The molecule has 2 N–H and O–H groups in total. The van der Waals surface area contributed by atoms with Gasteiger partial charge in [0.05, 0.1) is 37.9 Å². The highest BCUT2D eigenvalue weighted by molar-refractivity contribution is 5.98. The van der Waals surface area contributed by atoms with Gasteiger partial charge >= 0.3 is 0 Å². The molecule has 232 valence electrons. The molecule has 3 heterocycles. The predicted octanol–water partition coefficient (Wildman–Crippen LogP) is 5.73. The first kappa shape index (κ1) is 29.8. The minimum atomic E-state index is -0.123. The zero-order valence-corrected chi connectivity index (χ0v) is 26.0. The molecule has 1 atom stereocenters. The third kappa shape index (κ3) is 6.06. The van der Waals surface area contributed by atoms with E-state index in [4.69, 9.17) is 19.2 Å². The van der Waals surface area contributed by atoms with Crippen LogP contribution < -0.4 is 19.5 Å². The van der Waals surface area contributed by atoms with Gasteiger partial charge in [-0.3, -0.25) is 4.79 Å². The van der Waals surface area contributed by atoms with Crippen molar-refractivity contribution in [1.29, 1.82) is 0 Å². The van der Waals surface area contributed by atoms with E-state index in [1.807, 2.05) is 23.1 Å². The molecule has 1 unspecified atom stereocenters. The normalized spacial score (nSPS) is 19.6. The Labute approximate surface area is 259 Å². The van der Waals surface area contributed by atoms with E-state index >= 15 is 0 Å². The third-order valence-corrected chi connectivity index (χ3v) is 9.41. The molecule has 0 bridgehead atoms. The molecule has 0 aliphatic carbocycles. The first-order valence-corrected chi connectivity index (χ1v) is 15.6. The number of amides is 1. The summed E-state index contributed by atoms with van der Waals surface area (Å²) in [5.74, 6) is 2.19. The minimum absolute atomic E-state index is 0.0414. The second-order valence-corrected chi connectivity index (χ2v) is 12.0. The lowest BCUT2D eigenvalue weighted by Crippen LogP contribution is -2.50. The molecule has 4 aromatic rings. The lowest BCUT2D eigenvalue weighted by atomic mass is 9.71. The number of ether oxygens (including phenoxy) is 3. The number of likely N-dealkylation sites (tertiary alicyclic amines) is 2. The zero-order valence-electron chi connectivity index (χ0n) is 26.0. The van der Waals surface area contributed by atoms with Crippen LogP contribution in [0.25, 0.3) is 11.0 Å². The van der Waals surface area contributed by atoms with Crippen molar-refractivity contribution in [2.24, 2.45) is 0 Å². The third-order valence-electron chi connectivity index (χ3n) is 9.41. The van der Waals surface area contributed by atoms with Crippen LogP contribution >= 0.6 is 0 Å². The van der Waals surface area contributed by atoms with Gasteiger partial charge in [-0.25, -0.2) is 4.98 Å². The highest BCUT2D eigenvalue weighted by atomic mass is 16.5. The van der Waals surface area contributed by atoms with Gasteiger partial charge in [0.1, 0.15) is 0 Å². The summed E-state index contributed by atoms with van der Waals surface area (Å²) in [6.07, 6.45) is 5.12. The number of nitrogens with one attached hydrogen (secondary N) is 2. The fraction of sp³-hybridized carbons (Fsp3) is 0.429. The van der Waals surface area contributed by atoms with E-state index in [2.05, 4.69) is 51.6 Å². The molecule has 2 saturated heterocycles. The number of para-hydroxylation sites is 2. The number of hydrogen-bond acceptors (Lipinski definition) is 7. The van der Waals surface area contributed by atoms with Crippen molar-refractivity contribution < 1.29 is 19.0 Å². The van der Waals surface area contributed by atoms with Crippen molar-refractivity contribution in [2.75, 3.05) is 59.4 Å². The monoisotopic (exact) mass is 597 g/mol. The Balaban J connectivity index is 1.14. The van der Waals surface area contributed by atoms with Crippen LogP contribution in [0.15, 0.2) is 66.7 Å². The maximum atomic E-state index is 14.0. The van der Waals surface area contributed by atoms with Crippen molar-refractivity contribution in [3.05, 3.63) is 77.9 Å². The van der Waals surface area contributed by atoms with E-state index in [0.29, 0.717) is 41.9 Å². The first-order chi connectivity index (χ1) is 21.5. The van der Waals surface area contributed by atoms with Gasteiger partial charge in [0.25, 0.3) is 5.91 Å². The first-order valence-electron chi connectivity index (χ1n) is 15.6. The van der Waals surface area contributed by atoms with Crippen LogP contribution in [0.5, 0.6) is 17.2 Å². The average Bonchev–Trinajstić information content (AvgIpc) is 3.49. The molecule has 2 aliphatic heterocycles. The number of H-pyrrole nitrogens is 1. The van der Waals surface area contributed by atoms with Gasteiger partial charge in [-0.2, -0.15) is 0 Å². The van der Waals surface area contributed by atoms with E-state index in [9.17, 15) is 4.79 Å². The summed E-state index contributed by atoms with van der Waals surface area (Å²) >= 11 is 0. The average molecular weight is 598 g/mol. The number of aromatic nitrogens is 2. The standard InChI is InChI=1S/C35H43N5O4/c1-42-30-15-14-27(31(43-2)32(30)44-3)33(41)40-20-9-18-35(24-40,25-10-5-4-6-11-25)19-23-39-21-16-26(17-22-39)36-34-37-28-12-7-8-13-29(28)38-34/h4-8,10-15,26H,9,16-24H2,1-3H3,(H2,36,37,38). The number of fused-ring (bicyclic) bond motifs is 1. The number of imidazole rings is 1. The van der Waals surface area contributed by atoms with E-state index in [0.717, 1.165) is 68.7 Å². The van der Waals surface area contributed by atoms with Crippen LogP contribution in [0.1, 0.15) is 48.0 Å². The molecular weight excluding hydrogens is 554 g/mol. The molecule has 0 radical (unpaired) electrons. The highest BCUT2D eigenvalue weighted by Crippen LogP contribution is 2.42. The van der Waals surface area contributed by atoms with Crippen LogP contribution in [0.3, 0.4) is 0 Å². The number of anilines is 1. The summed E-state index contributed by atoms with van der Waals surface area (Å²) in [5.41, 5.74) is 3.72. The number of nitrogens with zero attached hydrogens (tertiary/aromatic N) is 3. The fourth-order valence-electron chi connectivity index (χ4n) is 7.01. The van der Waals surface area contributed by atoms with E-state index in [1.165, 1.54) is 5.56 Å². The Morgan fingerprint density at radius 1 is 0.932 bits per heavy atom. The molecule has 6 rings (SSSR count). The maximum absolute atomic E-state index is 14.0. The Hall–Kier alpha value is -4.24. The zero-order chi connectivity index (χ0) is 30.5. The Morgan fingerprint density at radius 2 is 1.68 bits per heavy atom. The number of benzene rings is 3. The molecule has 3 aromatic carbocycles.